The van der Waals surface area contributed by atoms with Crippen molar-refractivity contribution in [2.45, 2.75) is 64.7 Å². The standard InChI is InChI=1S/C21H32O6/c1-17(16-21(24)25)10-4-2-8-14-26-18-11-6-7-12-19(18)27-15-9-3-5-13-20(22)23/h6-7,11-12,17H,2-5,8-10,13-16H2,1H3,(H,22,23)(H,24,25). The topological polar surface area (TPSA) is 93.1 Å². The minimum atomic E-state index is -0.758. The highest BCUT2D eigenvalue weighted by atomic mass is 16.5. The second-order valence-corrected chi connectivity index (χ2v) is 6.90. The number of carbonyl (C=O) groups is 2. The molecule has 0 amide bonds. The molecular weight excluding hydrogens is 348 g/mol. The molecule has 27 heavy (non-hydrogen) atoms. The molecule has 0 bridgehead atoms. The van der Waals surface area contributed by atoms with E-state index in [1.165, 1.54) is 0 Å². The molecule has 6 nitrogen and oxygen atoms in total. The van der Waals surface area contributed by atoms with Crippen LogP contribution in [-0.4, -0.2) is 35.4 Å². The lowest BCUT2D eigenvalue weighted by atomic mass is 10.0. The van der Waals surface area contributed by atoms with E-state index in [0.29, 0.717) is 25.4 Å². The summed E-state index contributed by atoms with van der Waals surface area (Å²) >= 11 is 0. The average Bonchev–Trinajstić information content (AvgIpc) is 2.61. The summed E-state index contributed by atoms with van der Waals surface area (Å²) in [6, 6.07) is 7.56. The molecule has 152 valence electrons. The molecule has 0 aliphatic rings. The summed E-state index contributed by atoms with van der Waals surface area (Å²) in [6.45, 7) is 3.12. The molecule has 0 radical (unpaired) electrons. The van der Waals surface area contributed by atoms with Gasteiger partial charge < -0.3 is 19.7 Å². The second kappa shape index (κ2) is 13.9. The van der Waals surface area contributed by atoms with E-state index in [1.807, 2.05) is 31.2 Å². The first-order chi connectivity index (χ1) is 13.0. The monoisotopic (exact) mass is 380 g/mol. The number of carboxylic acids is 2. The van der Waals surface area contributed by atoms with Crippen molar-refractivity contribution in [2.75, 3.05) is 13.2 Å². The largest absolute Gasteiger partial charge is 0.490 e. The summed E-state index contributed by atoms with van der Waals surface area (Å²) in [7, 11) is 0. The molecule has 2 N–H and O–H groups in total. The maximum atomic E-state index is 10.6. The summed E-state index contributed by atoms with van der Waals surface area (Å²) in [5.74, 6) is 0.163. The van der Waals surface area contributed by atoms with Crippen LogP contribution in [0.5, 0.6) is 11.5 Å². The van der Waals surface area contributed by atoms with Crippen molar-refractivity contribution < 1.29 is 29.3 Å². The van der Waals surface area contributed by atoms with Crippen LogP contribution in [0.1, 0.15) is 64.7 Å². The van der Waals surface area contributed by atoms with Gasteiger partial charge in [-0.1, -0.05) is 38.3 Å². The number of hydrogen-bond acceptors (Lipinski definition) is 4. The van der Waals surface area contributed by atoms with Crippen LogP contribution in [0, 0.1) is 5.92 Å². The number of benzene rings is 1. The van der Waals surface area contributed by atoms with Crippen LogP contribution in [0.3, 0.4) is 0 Å². The minimum absolute atomic E-state index is 0.203. The van der Waals surface area contributed by atoms with Gasteiger partial charge in [-0.05, 0) is 43.7 Å². The Bertz CT molecular complexity index is 557. The predicted molar refractivity (Wildman–Crippen MR) is 103 cm³/mol. The van der Waals surface area contributed by atoms with Crippen molar-refractivity contribution in [2.24, 2.45) is 5.92 Å². The van der Waals surface area contributed by atoms with Gasteiger partial charge in [-0.25, -0.2) is 0 Å². The molecular formula is C21H32O6. The first-order valence-electron chi connectivity index (χ1n) is 9.77. The third kappa shape index (κ3) is 11.9. The summed E-state index contributed by atoms with van der Waals surface area (Å²) in [5.41, 5.74) is 0. The van der Waals surface area contributed by atoms with Crippen LogP contribution < -0.4 is 9.47 Å². The van der Waals surface area contributed by atoms with Gasteiger partial charge in [-0.15, -0.1) is 0 Å². The summed E-state index contributed by atoms with van der Waals surface area (Å²) in [5, 5.41) is 17.4. The molecule has 1 aromatic carbocycles. The van der Waals surface area contributed by atoms with Gasteiger partial charge in [0.25, 0.3) is 0 Å². The Balaban J connectivity index is 2.18. The summed E-state index contributed by atoms with van der Waals surface area (Å²) in [6.07, 6.45) is 6.61. The first-order valence-corrected chi connectivity index (χ1v) is 9.77. The first kappa shape index (κ1) is 22.8. The van der Waals surface area contributed by atoms with Gasteiger partial charge >= 0.3 is 11.9 Å². The number of ether oxygens (including phenoxy) is 2. The smallest absolute Gasteiger partial charge is 0.303 e. The average molecular weight is 380 g/mol. The molecule has 0 heterocycles. The number of aliphatic carboxylic acids is 2. The molecule has 0 aliphatic heterocycles. The Morgan fingerprint density at radius 1 is 0.852 bits per heavy atom. The molecule has 1 unspecified atom stereocenters. The van der Waals surface area contributed by atoms with Gasteiger partial charge in [-0.2, -0.15) is 0 Å². The number of hydrogen-bond donors (Lipinski definition) is 2. The van der Waals surface area contributed by atoms with Gasteiger partial charge in [0.15, 0.2) is 11.5 Å². The van der Waals surface area contributed by atoms with E-state index < -0.39 is 11.9 Å². The summed E-state index contributed by atoms with van der Waals surface area (Å²) < 4.78 is 11.6. The lowest BCUT2D eigenvalue weighted by Gasteiger charge is -2.13. The van der Waals surface area contributed by atoms with Crippen LogP contribution in [0.25, 0.3) is 0 Å². The van der Waals surface area contributed by atoms with Crippen molar-refractivity contribution in [3.05, 3.63) is 24.3 Å². The van der Waals surface area contributed by atoms with Crippen molar-refractivity contribution in [3.63, 3.8) is 0 Å². The molecule has 0 aliphatic carbocycles. The quantitative estimate of drug-likeness (QED) is 0.402. The zero-order chi connectivity index (χ0) is 19.9. The van der Waals surface area contributed by atoms with Crippen LogP contribution in [-0.2, 0) is 9.59 Å². The Morgan fingerprint density at radius 2 is 1.41 bits per heavy atom. The fraction of sp³-hybridized carbons (Fsp3) is 0.619. The molecule has 0 aromatic heterocycles. The highest BCUT2D eigenvalue weighted by Crippen LogP contribution is 2.27. The van der Waals surface area contributed by atoms with E-state index >= 15 is 0 Å². The van der Waals surface area contributed by atoms with E-state index in [2.05, 4.69) is 0 Å². The lowest BCUT2D eigenvalue weighted by molar-refractivity contribution is -0.138. The second-order valence-electron chi connectivity index (χ2n) is 6.90. The van der Waals surface area contributed by atoms with Crippen LogP contribution in [0.4, 0.5) is 0 Å². The molecule has 0 spiro atoms. The van der Waals surface area contributed by atoms with Crippen molar-refractivity contribution >= 4 is 11.9 Å². The zero-order valence-electron chi connectivity index (χ0n) is 16.2. The number of para-hydroxylation sites is 2. The Morgan fingerprint density at radius 3 is 1.93 bits per heavy atom. The summed E-state index contributed by atoms with van der Waals surface area (Å²) in [4.78, 5) is 21.1. The number of unbranched alkanes of at least 4 members (excludes halogenated alkanes) is 4. The highest BCUT2D eigenvalue weighted by Gasteiger charge is 2.07. The van der Waals surface area contributed by atoms with Crippen LogP contribution in [0.2, 0.25) is 0 Å². The molecule has 0 saturated heterocycles. The van der Waals surface area contributed by atoms with Crippen LogP contribution >= 0.6 is 0 Å². The molecule has 1 rings (SSSR count). The third-order valence-electron chi connectivity index (χ3n) is 4.26. The maximum absolute atomic E-state index is 10.6. The van der Waals surface area contributed by atoms with Crippen LogP contribution in [0.15, 0.2) is 24.3 Å². The SMILES string of the molecule is CC(CCCCCOc1ccccc1OCCCCCC(=O)O)CC(=O)O. The van der Waals surface area contributed by atoms with Crippen molar-refractivity contribution in [3.8, 4) is 11.5 Å². The molecule has 0 saturated carbocycles. The fourth-order valence-electron chi connectivity index (χ4n) is 2.78. The fourth-order valence-corrected chi connectivity index (χ4v) is 2.78. The van der Waals surface area contributed by atoms with Crippen molar-refractivity contribution in [1.29, 1.82) is 0 Å². The van der Waals surface area contributed by atoms with E-state index in [1.54, 1.807) is 0 Å². The van der Waals surface area contributed by atoms with Gasteiger partial charge in [0.1, 0.15) is 0 Å². The Kier molecular flexibility index (Phi) is 11.7. The normalized spacial score (nSPS) is 11.7. The minimum Gasteiger partial charge on any atom is -0.490 e. The number of carboxylic acid groups (broad SMARTS) is 2. The highest BCUT2D eigenvalue weighted by molar-refractivity contribution is 5.67. The van der Waals surface area contributed by atoms with Gasteiger partial charge in [0.05, 0.1) is 13.2 Å². The molecule has 6 heteroatoms. The predicted octanol–water partition coefficient (Wildman–Crippen LogP) is 4.76. The Hall–Kier alpha value is -2.24. The lowest BCUT2D eigenvalue weighted by Crippen LogP contribution is -2.05. The molecule has 1 aromatic rings. The molecule has 0 fully saturated rings. The van der Waals surface area contributed by atoms with Gasteiger partial charge in [0, 0.05) is 12.8 Å². The Labute approximate surface area is 161 Å². The van der Waals surface area contributed by atoms with E-state index in [-0.39, 0.29) is 18.8 Å². The van der Waals surface area contributed by atoms with Gasteiger partial charge in [-0.3, -0.25) is 9.59 Å². The van der Waals surface area contributed by atoms with E-state index in [0.717, 1.165) is 44.3 Å². The van der Waals surface area contributed by atoms with E-state index in [9.17, 15) is 9.59 Å². The number of rotatable bonds is 16. The zero-order valence-corrected chi connectivity index (χ0v) is 16.2. The third-order valence-corrected chi connectivity index (χ3v) is 4.26. The molecule has 1 atom stereocenters. The maximum Gasteiger partial charge on any atom is 0.303 e. The van der Waals surface area contributed by atoms with Crippen molar-refractivity contribution in [1.82, 2.24) is 0 Å². The van der Waals surface area contributed by atoms with Gasteiger partial charge in [0.2, 0.25) is 0 Å². The van der Waals surface area contributed by atoms with E-state index in [4.69, 9.17) is 19.7 Å².